The number of carbonyl (C=O) groups excluding carboxylic acids is 1. The normalized spacial score (nSPS) is 34.8. The lowest BCUT2D eigenvalue weighted by molar-refractivity contribution is -0.171. The van der Waals surface area contributed by atoms with Gasteiger partial charge >= 0.3 is 5.97 Å². The van der Waals surface area contributed by atoms with Gasteiger partial charge in [-0.25, -0.2) is 9.18 Å². The van der Waals surface area contributed by atoms with Crippen molar-refractivity contribution in [1.82, 2.24) is 4.90 Å². The smallest absolute Gasteiger partial charge is 0.346 e. The van der Waals surface area contributed by atoms with Crippen molar-refractivity contribution in [1.29, 1.82) is 0 Å². The second-order valence-electron chi connectivity index (χ2n) is 7.83. The minimum absolute atomic E-state index is 0.0366. The second-order valence-corrected chi connectivity index (χ2v) is 7.83. The van der Waals surface area contributed by atoms with E-state index in [1.807, 2.05) is 30.3 Å². The fourth-order valence-corrected chi connectivity index (χ4v) is 4.52. The van der Waals surface area contributed by atoms with Crippen LogP contribution in [0.15, 0.2) is 30.3 Å². The summed E-state index contributed by atoms with van der Waals surface area (Å²) in [4.78, 5) is 14.7. The van der Waals surface area contributed by atoms with Gasteiger partial charge in [0, 0.05) is 24.9 Å². The summed E-state index contributed by atoms with van der Waals surface area (Å²) in [7, 11) is 2.07. The fourth-order valence-electron chi connectivity index (χ4n) is 4.52. The highest BCUT2D eigenvalue weighted by molar-refractivity contribution is 5.79. The van der Waals surface area contributed by atoms with Crippen LogP contribution in [0.1, 0.15) is 31.2 Å². The molecule has 2 unspecified atom stereocenters. The second kappa shape index (κ2) is 6.91. The number of hydrogen-bond donors (Lipinski definition) is 1. The first-order valence-corrected chi connectivity index (χ1v) is 9.44. The predicted molar refractivity (Wildman–Crippen MR) is 93.4 cm³/mol. The number of esters is 1. The summed E-state index contributed by atoms with van der Waals surface area (Å²) >= 11 is 0. The molecule has 142 valence electrons. The number of benzene rings is 1. The number of aryl methyl sites for hydroxylation is 1. The number of fused-ring (bicyclic) bond motifs is 5. The summed E-state index contributed by atoms with van der Waals surface area (Å²) in [6.07, 6.45) is 2.65. The zero-order chi connectivity index (χ0) is 18.3. The topological polar surface area (TPSA) is 62.3 Å². The number of ether oxygens (including phenoxy) is 2. The third-order valence-corrected chi connectivity index (χ3v) is 6.15. The zero-order valence-electron chi connectivity index (χ0n) is 15.0. The van der Waals surface area contributed by atoms with E-state index in [2.05, 4.69) is 11.9 Å². The lowest BCUT2D eigenvalue weighted by Gasteiger charge is -2.38. The SMILES string of the molecule is CN1[C@@H]2CC(OC(=O)C(F)(CO)CCCc3ccccc3)C[C@H]1[C@@H]1O[C@@H]12. The van der Waals surface area contributed by atoms with Gasteiger partial charge in [0.1, 0.15) is 18.3 Å². The first kappa shape index (κ1) is 17.9. The van der Waals surface area contributed by atoms with E-state index < -0.39 is 18.2 Å². The van der Waals surface area contributed by atoms with Crippen molar-refractivity contribution >= 4 is 5.97 Å². The van der Waals surface area contributed by atoms with Gasteiger partial charge in [-0.2, -0.15) is 0 Å². The Morgan fingerprint density at radius 3 is 2.58 bits per heavy atom. The van der Waals surface area contributed by atoms with Crippen LogP contribution in [-0.2, 0) is 20.7 Å². The van der Waals surface area contributed by atoms with Crippen LogP contribution in [0.4, 0.5) is 4.39 Å². The molecule has 0 radical (unpaired) electrons. The molecular weight excluding hydrogens is 337 g/mol. The minimum Gasteiger partial charge on any atom is -0.460 e. The highest BCUT2D eigenvalue weighted by atomic mass is 19.1. The number of epoxide rings is 1. The third kappa shape index (κ3) is 3.26. The summed E-state index contributed by atoms with van der Waals surface area (Å²) in [5, 5.41) is 9.49. The monoisotopic (exact) mass is 363 g/mol. The van der Waals surface area contributed by atoms with Crippen molar-refractivity contribution in [2.75, 3.05) is 13.7 Å². The Kier molecular flexibility index (Phi) is 4.75. The first-order chi connectivity index (χ1) is 12.5. The summed E-state index contributed by atoms with van der Waals surface area (Å²) < 4.78 is 26.1. The molecule has 0 saturated carbocycles. The number of aliphatic hydroxyl groups is 1. The number of nitrogens with zero attached hydrogens (tertiary/aromatic N) is 1. The Balaban J connectivity index is 1.30. The lowest BCUT2D eigenvalue weighted by Crippen LogP contribution is -2.49. The van der Waals surface area contributed by atoms with E-state index in [9.17, 15) is 14.3 Å². The lowest BCUT2D eigenvalue weighted by atomic mass is 9.96. The van der Waals surface area contributed by atoms with Crippen LogP contribution < -0.4 is 0 Å². The molecule has 26 heavy (non-hydrogen) atoms. The summed E-state index contributed by atoms with van der Waals surface area (Å²) in [6.45, 7) is -0.839. The Bertz CT molecular complexity index is 638. The maximum atomic E-state index is 15.0. The van der Waals surface area contributed by atoms with Gasteiger partial charge in [-0.1, -0.05) is 30.3 Å². The van der Waals surface area contributed by atoms with Crippen LogP contribution in [0.3, 0.4) is 0 Å². The molecule has 3 fully saturated rings. The van der Waals surface area contributed by atoms with Crippen LogP contribution in [-0.4, -0.2) is 65.7 Å². The molecule has 0 spiro atoms. The third-order valence-electron chi connectivity index (χ3n) is 6.15. The van der Waals surface area contributed by atoms with E-state index in [0.717, 1.165) is 5.56 Å². The van der Waals surface area contributed by atoms with Crippen molar-refractivity contribution in [2.24, 2.45) is 0 Å². The number of carbonyl (C=O) groups is 1. The Morgan fingerprint density at radius 1 is 1.31 bits per heavy atom. The standard InChI is InChI=1S/C20H26FNO4/c1-22-15-10-14(11-16(22)18-17(15)26-18)25-19(24)20(21,12-23)9-5-8-13-6-3-2-4-7-13/h2-4,6-7,14-18,23H,5,8-12H2,1H3/t14?,15-,16+,17-,18+,20?. The number of morpholine rings is 1. The molecule has 0 aromatic heterocycles. The van der Waals surface area contributed by atoms with Crippen molar-refractivity contribution in [3.63, 3.8) is 0 Å². The molecule has 6 heteroatoms. The molecule has 0 amide bonds. The summed E-state index contributed by atoms with van der Waals surface area (Å²) in [6, 6.07) is 10.2. The van der Waals surface area contributed by atoms with E-state index in [4.69, 9.17) is 9.47 Å². The molecule has 2 bridgehead atoms. The van der Waals surface area contributed by atoms with Crippen LogP contribution in [0, 0.1) is 0 Å². The van der Waals surface area contributed by atoms with Crippen LogP contribution in [0.2, 0.25) is 0 Å². The molecule has 4 rings (SSSR count). The van der Waals surface area contributed by atoms with Crippen molar-refractivity contribution in [3.8, 4) is 0 Å². The maximum Gasteiger partial charge on any atom is 0.346 e. The van der Waals surface area contributed by atoms with Gasteiger partial charge in [-0.15, -0.1) is 0 Å². The van der Waals surface area contributed by atoms with Crippen LogP contribution in [0.5, 0.6) is 0 Å². The zero-order valence-corrected chi connectivity index (χ0v) is 15.0. The average molecular weight is 363 g/mol. The summed E-state index contributed by atoms with van der Waals surface area (Å²) in [5.41, 5.74) is -1.23. The minimum atomic E-state index is -2.32. The van der Waals surface area contributed by atoms with Gasteiger partial charge in [-0.05, 0) is 31.9 Å². The quantitative estimate of drug-likeness (QED) is 0.592. The van der Waals surface area contributed by atoms with Gasteiger partial charge in [0.15, 0.2) is 0 Å². The van der Waals surface area contributed by atoms with Crippen molar-refractivity contribution in [2.45, 2.75) is 68.2 Å². The maximum absolute atomic E-state index is 15.0. The predicted octanol–water partition coefficient (Wildman–Crippen LogP) is 1.87. The highest BCUT2D eigenvalue weighted by Gasteiger charge is 2.63. The Labute approximate surface area is 153 Å². The van der Waals surface area contributed by atoms with E-state index in [1.54, 1.807) is 0 Å². The molecule has 3 heterocycles. The van der Waals surface area contributed by atoms with Crippen LogP contribution in [0.25, 0.3) is 0 Å². The Hall–Kier alpha value is -1.50. The molecule has 5 nitrogen and oxygen atoms in total. The average Bonchev–Trinajstić information content (AvgIpc) is 3.40. The molecule has 1 aromatic carbocycles. The van der Waals surface area contributed by atoms with E-state index in [0.29, 0.717) is 25.7 Å². The molecule has 1 N–H and O–H groups in total. The van der Waals surface area contributed by atoms with Gasteiger partial charge < -0.3 is 14.6 Å². The molecule has 0 aliphatic carbocycles. The number of hydrogen-bond acceptors (Lipinski definition) is 5. The number of halogens is 1. The van der Waals surface area contributed by atoms with E-state index in [-0.39, 0.29) is 36.8 Å². The van der Waals surface area contributed by atoms with Crippen LogP contribution >= 0.6 is 0 Å². The number of piperidine rings is 1. The van der Waals surface area contributed by atoms with Gasteiger partial charge in [0.2, 0.25) is 5.67 Å². The molecule has 3 aliphatic heterocycles. The molecular formula is C20H26FNO4. The van der Waals surface area contributed by atoms with Crippen molar-refractivity contribution in [3.05, 3.63) is 35.9 Å². The molecule has 3 saturated heterocycles. The number of likely N-dealkylation sites (N-methyl/N-ethyl adjacent to an activating group) is 1. The van der Waals surface area contributed by atoms with Gasteiger partial charge in [-0.3, -0.25) is 4.90 Å². The molecule has 3 aliphatic rings. The van der Waals surface area contributed by atoms with Gasteiger partial charge in [0.05, 0.1) is 6.61 Å². The van der Waals surface area contributed by atoms with E-state index >= 15 is 0 Å². The highest BCUT2D eigenvalue weighted by Crippen LogP contribution is 2.48. The number of alkyl halides is 1. The number of aliphatic hydroxyl groups excluding tert-OH is 1. The molecule has 6 atom stereocenters. The number of rotatable bonds is 7. The van der Waals surface area contributed by atoms with Gasteiger partial charge in [0.25, 0.3) is 0 Å². The fraction of sp³-hybridized carbons (Fsp3) is 0.650. The molecule has 1 aromatic rings. The first-order valence-electron chi connectivity index (χ1n) is 9.44. The van der Waals surface area contributed by atoms with Crippen molar-refractivity contribution < 1.29 is 23.8 Å². The Morgan fingerprint density at radius 2 is 1.96 bits per heavy atom. The van der Waals surface area contributed by atoms with E-state index in [1.165, 1.54) is 0 Å². The largest absolute Gasteiger partial charge is 0.460 e. The summed E-state index contributed by atoms with van der Waals surface area (Å²) in [5.74, 6) is -0.920.